The first-order valence-corrected chi connectivity index (χ1v) is 17.0. The van der Waals surface area contributed by atoms with Gasteiger partial charge in [0.2, 0.25) is 6.79 Å². The Morgan fingerprint density at radius 3 is 2.28 bits per heavy atom. The van der Waals surface area contributed by atoms with E-state index in [4.69, 9.17) is 9.47 Å². The van der Waals surface area contributed by atoms with E-state index in [0.29, 0.717) is 30.8 Å². The molecule has 47 heavy (non-hydrogen) atoms. The van der Waals surface area contributed by atoms with Crippen LogP contribution in [0.25, 0.3) is 11.1 Å². The molecule has 0 aliphatic rings. The predicted molar refractivity (Wildman–Crippen MR) is 188 cm³/mol. The lowest BCUT2D eigenvalue weighted by molar-refractivity contribution is -0.174. The largest absolute Gasteiger partial charge is 0.427 e. The minimum atomic E-state index is -0.917. The van der Waals surface area contributed by atoms with Gasteiger partial charge in [0.25, 0.3) is 5.91 Å². The zero-order valence-electron chi connectivity index (χ0n) is 27.7. The van der Waals surface area contributed by atoms with E-state index in [1.807, 2.05) is 92.2 Å². The summed E-state index contributed by atoms with van der Waals surface area (Å²) in [6.45, 7) is 7.91. The number of benzene rings is 3. The van der Waals surface area contributed by atoms with Gasteiger partial charge in [-0.2, -0.15) is 11.8 Å². The molecule has 0 saturated carbocycles. The van der Waals surface area contributed by atoms with Gasteiger partial charge in [0.05, 0.1) is 17.3 Å². The quantitative estimate of drug-likeness (QED) is 0.113. The van der Waals surface area contributed by atoms with Crippen LogP contribution in [-0.4, -0.2) is 47.7 Å². The molecule has 0 bridgehead atoms. The van der Waals surface area contributed by atoms with Crippen molar-refractivity contribution in [1.82, 2.24) is 10.3 Å². The molecule has 9 heteroatoms. The smallest absolute Gasteiger partial charge is 0.331 e. The van der Waals surface area contributed by atoms with Gasteiger partial charge in [0, 0.05) is 24.8 Å². The van der Waals surface area contributed by atoms with E-state index in [0.717, 1.165) is 27.9 Å². The topological polar surface area (TPSA) is 97.8 Å². The zero-order chi connectivity index (χ0) is 33.8. The van der Waals surface area contributed by atoms with Gasteiger partial charge in [-0.1, -0.05) is 60.7 Å². The lowest BCUT2D eigenvalue weighted by atomic mass is 9.93. The number of ether oxygens (including phenoxy) is 2. The third kappa shape index (κ3) is 10.2. The van der Waals surface area contributed by atoms with Crippen LogP contribution in [0.4, 0.5) is 5.69 Å². The van der Waals surface area contributed by atoms with Crippen molar-refractivity contribution in [2.24, 2.45) is 5.41 Å². The number of carbonyl (C=O) groups excluding carboxylic acids is 3. The van der Waals surface area contributed by atoms with Gasteiger partial charge in [0.15, 0.2) is 0 Å². The summed E-state index contributed by atoms with van der Waals surface area (Å²) in [4.78, 5) is 45.7. The SMILES string of the molecule is CSCCC(NC(=O)c1ccc(CN(Cc2ccccc2)c2cccnc2)cc1-c1ccccc1C)C(=O)OCOC(=O)C(C)(C)C. The van der Waals surface area contributed by atoms with E-state index in [2.05, 4.69) is 27.3 Å². The lowest BCUT2D eigenvalue weighted by Gasteiger charge is -2.26. The fourth-order valence-electron chi connectivity index (χ4n) is 4.97. The molecule has 1 atom stereocenters. The molecule has 0 aliphatic carbocycles. The summed E-state index contributed by atoms with van der Waals surface area (Å²) in [5.74, 6) is -0.908. The van der Waals surface area contributed by atoms with E-state index in [-0.39, 0.29) is 0 Å². The Balaban J connectivity index is 1.62. The number of carbonyl (C=O) groups is 3. The Morgan fingerprint density at radius 1 is 0.872 bits per heavy atom. The van der Waals surface area contributed by atoms with E-state index in [9.17, 15) is 14.4 Å². The Kier molecular flexibility index (Phi) is 12.6. The number of hydrogen-bond donors (Lipinski definition) is 1. The molecule has 246 valence electrons. The molecule has 1 heterocycles. The van der Waals surface area contributed by atoms with E-state index < -0.39 is 36.1 Å². The summed E-state index contributed by atoms with van der Waals surface area (Å²) in [6, 6.07) is 27.0. The molecular weight excluding hydrogens is 611 g/mol. The summed E-state index contributed by atoms with van der Waals surface area (Å²) in [5.41, 5.74) is 5.59. The van der Waals surface area contributed by atoms with Crippen molar-refractivity contribution in [1.29, 1.82) is 0 Å². The van der Waals surface area contributed by atoms with Gasteiger partial charge in [-0.15, -0.1) is 0 Å². The molecule has 8 nitrogen and oxygen atoms in total. The van der Waals surface area contributed by atoms with E-state index in [1.165, 1.54) is 5.56 Å². The van der Waals surface area contributed by atoms with Crippen LogP contribution in [0.15, 0.2) is 97.3 Å². The highest BCUT2D eigenvalue weighted by Gasteiger charge is 2.27. The van der Waals surface area contributed by atoms with Crippen LogP contribution in [0.1, 0.15) is 54.2 Å². The van der Waals surface area contributed by atoms with Crippen LogP contribution in [0, 0.1) is 12.3 Å². The molecule has 4 rings (SSSR count). The van der Waals surface area contributed by atoms with Crippen LogP contribution >= 0.6 is 11.8 Å². The van der Waals surface area contributed by atoms with E-state index >= 15 is 0 Å². The van der Waals surface area contributed by atoms with E-state index in [1.54, 1.807) is 38.7 Å². The predicted octanol–water partition coefficient (Wildman–Crippen LogP) is 7.21. The van der Waals surface area contributed by atoms with Crippen LogP contribution < -0.4 is 10.2 Å². The summed E-state index contributed by atoms with van der Waals surface area (Å²) >= 11 is 1.56. The molecule has 0 spiro atoms. The fraction of sp³-hybridized carbons (Fsp3) is 0.316. The average Bonchev–Trinajstić information content (AvgIpc) is 3.06. The maximum Gasteiger partial charge on any atom is 0.331 e. The highest BCUT2D eigenvalue weighted by atomic mass is 32.2. The molecule has 0 fully saturated rings. The summed E-state index contributed by atoms with van der Waals surface area (Å²) in [6.07, 6.45) is 5.90. The number of anilines is 1. The van der Waals surface area contributed by atoms with Crippen molar-refractivity contribution in [2.45, 2.75) is 53.2 Å². The maximum atomic E-state index is 13.9. The number of thioether (sulfide) groups is 1. The maximum absolute atomic E-state index is 13.9. The van der Waals surface area contributed by atoms with Crippen molar-refractivity contribution < 1.29 is 23.9 Å². The molecular formula is C38H43N3O5S. The van der Waals surface area contributed by atoms with Crippen LogP contribution in [0.3, 0.4) is 0 Å². The molecule has 0 radical (unpaired) electrons. The standard InChI is InChI=1S/C38H43N3O5S/c1-27-12-9-10-16-31(27)33-22-29(25-41(30-15-11-20-39-23-30)24-28-13-7-6-8-14-28)17-18-32(33)35(42)40-34(19-21-47-5)36(43)45-26-46-37(44)38(2,3)4/h6-18,20,22-23,34H,19,21,24-26H2,1-5H3,(H,40,42). The van der Waals surface area contributed by atoms with Gasteiger partial charge in [-0.3, -0.25) is 14.6 Å². The van der Waals surface area contributed by atoms with Gasteiger partial charge < -0.3 is 19.7 Å². The number of amides is 1. The second kappa shape index (κ2) is 16.8. The van der Waals surface area contributed by atoms with Crippen LogP contribution in [0.5, 0.6) is 0 Å². The Bertz CT molecular complexity index is 1640. The highest BCUT2D eigenvalue weighted by Crippen LogP contribution is 2.30. The minimum absolute atomic E-state index is 0.357. The van der Waals surface area contributed by atoms with Gasteiger partial charge in [-0.25, -0.2) is 4.79 Å². The average molecular weight is 654 g/mol. The summed E-state index contributed by atoms with van der Waals surface area (Å²) in [7, 11) is 0. The number of aromatic nitrogens is 1. The van der Waals surface area contributed by atoms with Gasteiger partial charge in [-0.05, 0) is 98.2 Å². The second-order valence-corrected chi connectivity index (χ2v) is 13.3. The number of aryl methyl sites for hydroxylation is 1. The lowest BCUT2D eigenvalue weighted by Crippen LogP contribution is -2.43. The van der Waals surface area contributed by atoms with Crippen LogP contribution in [0.2, 0.25) is 0 Å². The minimum Gasteiger partial charge on any atom is -0.427 e. The Labute approximate surface area is 281 Å². The molecule has 1 N–H and O–H groups in total. The van der Waals surface area contributed by atoms with Crippen molar-refractivity contribution in [3.8, 4) is 11.1 Å². The fourth-order valence-corrected chi connectivity index (χ4v) is 5.44. The van der Waals surface area contributed by atoms with Crippen LogP contribution in [-0.2, 0) is 32.2 Å². The summed E-state index contributed by atoms with van der Waals surface area (Å²) < 4.78 is 10.4. The van der Waals surface area contributed by atoms with Gasteiger partial charge in [0.1, 0.15) is 6.04 Å². The monoisotopic (exact) mass is 653 g/mol. The number of rotatable bonds is 14. The Morgan fingerprint density at radius 2 is 1.60 bits per heavy atom. The molecule has 4 aromatic rings. The number of pyridine rings is 1. The number of hydrogen-bond acceptors (Lipinski definition) is 8. The first-order chi connectivity index (χ1) is 22.6. The third-order valence-electron chi connectivity index (χ3n) is 7.57. The summed E-state index contributed by atoms with van der Waals surface area (Å²) in [5, 5.41) is 2.90. The van der Waals surface area contributed by atoms with Crippen molar-refractivity contribution in [3.63, 3.8) is 0 Å². The third-order valence-corrected chi connectivity index (χ3v) is 8.21. The van der Waals surface area contributed by atoms with Gasteiger partial charge >= 0.3 is 11.9 Å². The molecule has 3 aromatic carbocycles. The molecule has 1 aromatic heterocycles. The van der Waals surface area contributed by atoms with Crippen molar-refractivity contribution >= 4 is 35.3 Å². The number of nitrogens with one attached hydrogen (secondary N) is 1. The normalized spacial score (nSPS) is 11.8. The second-order valence-electron chi connectivity index (χ2n) is 12.3. The highest BCUT2D eigenvalue weighted by molar-refractivity contribution is 7.98. The van der Waals surface area contributed by atoms with Crippen molar-refractivity contribution in [2.75, 3.05) is 23.7 Å². The molecule has 0 aliphatic heterocycles. The first kappa shape index (κ1) is 35.2. The first-order valence-electron chi connectivity index (χ1n) is 15.6. The number of esters is 2. The van der Waals surface area contributed by atoms with Crippen molar-refractivity contribution in [3.05, 3.63) is 120 Å². The molecule has 1 amide bonds. The number of nitrogens with zero attached hydrogens (tertiary/aromatic N) is 2. The molecule has 0 saturated heterocycles. The zero-order valence-corrected chi connectivity index (χ0v) is 28.5. The Hall–Kier alpha value is -4.63. The molecule has 1 unspecified atom stereocenters.